The Labute approximate surface area is 157 Å². The number of hydrogen-bond acceptors (Lipinski definition) is 5. The van der Waals surface area contributed by atoms with Gasteiger partial charge in [-0.2, -0.15) is 5.10 Å². The minimum Gasteiger partial charge on any atom is -0.493 e. The lowest BCUT2D eigenvalue weighted by Gasteiger charge is -2.13. The lowest BCUT2D eigenvalue weighted by atomic mass is 10.1. The Balaban J connectivity index is 1.82. The van der Waals surface area contributed by atoms with E-state index < -0.39 is 0 Å². The molecule has 1 aromatic heterocycles. The van der Waals surface area contributed by atoms with Crippen LogP contribution < -0.4 is 14.2 Å². The third-order valence-corrected chi connectivity index (χ3v) is 4.03. The first kappa shape index (κ1) is 18.3. The lowest BCUT2D eigenvalue weighted by molar-refractivity contribution is 0.104. The van der Waals surface area contributed by atoms with Gasteiger partial charge in [0.15, 0.2) is 17.3 Å². The predicted octanol–water partition coefficient (Wildman–Crippen LogP) is 4.00. The molecule has 3 aromatic rings. The van der Waals surface area contributed by atoms with Crippen LogP contribution in [0.4, 0.5) is 0 Å². The van der Waals surface area contributed by atoms with E-state index in [1.165, 1.54) is 27.4 Å². The average Bonchev–Trinajstić information content (AvgIpc) is 3.20. The minimum atomic E-state index is -0.190. The molecule has 3 rings (SSSR count). The van der Waals surface area contributed by atoms with Gasteiger partial charge in [-0.05, 0) is 30.4 Å². The zero-order valence-electron chi connectivity index (χ0n) is 15.4. The van der Waals surface area contributed by atoms with E-state index in [4.69, 9.17) is 14.2 Å². The number of aromatic amines is 1. The molecule has 0 aliphatic rings. The van der Waals surface area contributed by atoms with Gasteiger partial charge in [-0.1, -0.05) is 30.3 Å². The number of rotatable bonds is 7. The molecule has 27 heavy (non-hydrogen) atoms. The van der Waals surface area contributed by atoms with Crippen molar-refractivity contribution in [2.45, 2.75) is 0 Å². The van der Waals surface area contributed by atoms with Crippen molar-refractivity contribution in [2.75, 3.05) is 21.3 Å². The zero-order valence-corrected chi connectivity index (χ0v) is 15.4. The highest BCUT2D eigenvalue weighted by Gasteiger charge is 2.15. The maximum Gasteiger partial charge on any atom is 0.203 e. The Morgan fingerprint density at radius 2 is 1.63 bits per heavy atom. The fourth-order valence-electron chi connectivity index (χ4n) is 2.66. The molecular formula is C21H20N2O4. The van der Waals surface area contributed by atoms with Crippen LogP contribution >= 0.6 is 0 Å². The van der Waals surface area contributed by atoms with Crippen molar-refractivity contribution < 1.29 is 19.0 Å². The molecule has 0 spiro atoms. The maximum absolute atomic E-state index is 12.6. The Morgan fingerprint density at radius 1 is 0.963 bits per heavy atom. The topological polar surface area (TPSA) is 73.4 Å². The number of allylic oxidation sites excluding steroid dienone is 1. The van der Waals surface area contributed by atoms with Crippen LogP contribution in [0.25, 0.3) is 17.3 Å². The molecule has 0 aliphatic carbocycles. The van der Waals surface area contributed by atoms with Crippen LogP contribution in [0.2, 0.25) is 0 Å². The van der Waals surface area contributed by atoms with E-state index in [2.05, 4.69) is 10.2 Å². The van der Waals surface area contributed by atoms with Crippen LogP contribution in [0.5, 0.6) is 17.2 Å². The molecule has 0 unspecified atom stereocenters. The number of ketones is 1. The second kappa shape index (κ2) is 8.23. The average molecular weight is 364 g/mol. The number of benzene rings is 2. The van der Waals surface area contributed by atoms with E-state index in [0.29, 0.717) is 22.8 Å². The third kappa shape index (κ3) is 4.00. The Bertz CT molecular complexity index is 936. The number of carbonyl (C=O) groups excluding carboxylic acids is 1. The summed E-state index contributed by atoms with van der Waals surface area (Å²) in [5, 5.41) is 7.19. The number of nitrogens with one attached hydrogen (secondary N) is 1. The van der Waals surface area contributed by atoms with Crippen molar-refractivity contribution in [2.24, 2.45) is 0 Å². The first-order chi connectivity index (χ1) is 13.2. The van der Waals surface area contributed by atoms with Crippen LogP contribution in [0.15, 0.2) is 54.6 Å². The maximum atomic E-state index is 12.6. The fourth-order valence-corrected chi connectivity index (χ4v) is 2.66. The Kier molecular flexibility index (Phi) is 5.56. The molecule has 0 saturated heterocycles. The van der Waals surface area contributed by atoms with Gasteiger partial charge in [-0.3, -0.25) is 9.89 Å². The van der Waals surface area contributed by atoms with Gasteiger partial charge in [0.2, 0.25) is 5.75 Å². The largest absolute Gasteiger partial charge is 0.493 e. The molecule has 0 saturated carbocycles. The van der Waals surface area contributed by atoms with Gasteiger partial charge >= 0.3 is 0 Å². The van der Waals surface area contributed by atoms with Crippen LogP contribution in [0.1, 0.15) is 16.1 Å². The highest BCUT2D eigenvalue weighted by molar-refractivity contribution is 6.07. The van der Waals surface area contributed by atoms with Crippen molar-refractivity contribution in [3.63, 3.8) is 0 Å². The summed E-state index contributed by atoms with van der Waals surface area (Å²) >= 11 is 0. The number of nitrogens with zero attached hydrogens (tertiary/aromatic N) is 1. The molecule has 0 fully saturated rings. The van der Waals surface area contributed by atoms with E-state index >= 15 is 0 Å². The molecule has 6 heteroatoms. The van der Waals surface area contributed by atoms with Crippen molar-refractivity contribution in [1.29, 1.82) is 0 Å². The normalized spacial score (nSPS) is 10.8. The number of aromatic nitrogens is 2. The Morgan fingerprint density at radius 3 is 2.22 bits per heavy atom. The summed E-state index contributed by atoms with van der Waals surface area (Å²) in [5.41, 5.74) is 2.98. The summed E-state index contributed by atoms with van der Waals surface area (Å²) in [5.74, 6) is 1.12. The lowest BCUT2D eigenvalue weighted by Crippen LogP contribution is -2.00. The third-order valence-electron chi connectivity index (χ3n) is 4.03. The smallest absolute Gasteiger partial charge is 0.203 e. The van der Waals surface area contributed by atoms with Gasteiger partial charge in [0.1, 0.15) is 0 Å². The molecule has 0 aliphatic heterocycles. The second-order valence-corrected chi connectivity index (χ2v) is 5.69. The van der Waals surface area contributed by atoms with Crippen molar-refractivity contribution in [1.82, 2.24) is 10.2 Å². The summed E-state index contributed by atoms with van der Waals surface area (Å²) in [4.78, 5) is 12.6. The molecule has 0 atom stereocenters. The standard InChI is InChI=1S/C21H20N2O4/c1-25-19-11-15(12-20(26-2)21(19)27-3)18(24)10-9-16-13-17(23-22-16)14-7-5-4-6-8-14/h4-13H,1-3H3,(H,22,23)/b10-9+. The van der Waals surface area contributed by atoms with Gasteiger partial charge in [-0.25, -0.2) is 0 Å². The SMILES string of the molecule is COc1cc(C(=O)/C=C/c2cc(-c3ccccc3)n[nH]2)cc(OC)c1OC. The van der Waals surface area contributed by atoms with Gasteiger partial charge in [-0.15, -0.1) is 0 Å². The molecule has 6 nitrogen and oxygen atoms in total. The molecular weight excluding hydrogens is 344 g/mol. The summed E-state index contributed by atoms with van der Waals surface area (Å²) in [6.45, 7) is 0. The van der Waals surface area contributed by atoms with Crippen LogP contribution in [0.3, 0.4) is 0 Å². The Hall–Kier alpha value is -3.54. The van der Waals surface area contributed by atoms with E-state index in [1.54, 1.807) is 18.2 Å². The molecule has 138 valence electrons. The zero-order chi connectivity index (χ0) is 19.2. The quantitative estimate of drug-likeness (QED) is 0.507. The highest BCUT2D eigenvalue weighted by Crippen LogP contribution is 2.38. The molecule has 0 bridgehead atoms. The summed E-state index contributed by atoms with van der Waals surface area (Å²) in [6, 6.07) is 14.9. The summed E-state index contributed by atoms with van der Waals surface area (Å²) in [6.07, 6.45) is 3.16. The van der Waals surface area contributed by atoms with E-state index in [1.807, 2.05) is 36.4 Å². The van der Waals surface area contributed by atoms with Crippen LogP contribution in [-0.2, 0) is 0 Å². The summed E-state index contributed by atoms with van der Waals surface area (Å²) in [7, 11) is 4.54. The predicted molar refractivity (Wildman–Crippen MR) is 103 cm³/mol. The number of ether oxygens (including phenoxy) is 3. The number of H-pyrrole nitrogens is 1. The molecule has 2 aromatic carbocycles. The van der Waals surface area contributed by atoms with Gasteiger partial charge < -0.3 is 14.2 Å². The number of carbonyl (C=O) groups is 1. The number of hydrogen-bond donors (Lipinski definition) is 1. The van der Waals surface area contributed by atoms with Crippen LogP contribution in [0, 0.1) is 0 Å². The minimum absolute atomic E-state index is 0.190. The van der Waals surface area contributed by atoms with E-state index in [0.717, 1.165) is 17.0 Å². The van der Waals surface area contributed by atoms with E-state index in [-0.39, 0.29) is 5.78 Å². The second-order valence-electron chi connectivity index (χ2n) is 5.69. The van der Waals surface area contributed by atoms with Gasteiger partial charge in [0.05, 0.1) is 32.7 Å². The molecule has 1 heterocycles. The van der Waals surface area contributed by atoms with Gasteiger partial charge in [0.25, 0.3) is 0 Å². The van der Waals surface area contributed by atoms with Crippen molar-refractivity contribution >= 4 is 11.9 Å². The van der Waals surface area contributed by atoms with Crippen LogP contribution in [-0.4, -0.2) is 37.3 Å². The summed E-state index contributed by atoms with van der Waals surface area (Å²) < 4.78 is 15.8. The molecule has 1 N–H and O–H groups in total. The molecule has 0 amide bonds. The number of methoxy groups -OCH3 is 3. The molecule has 0 radical (unpaired) electrons. The van der Waals surface area contributed by atoms with Crippen molar-refractivity contribution in [3.8, 4) is 28.5 Å². The fraction of sp³-hybridized carbons (Fsp3) is 0.143. The van der Waals surface area contributed by atoms with Crippen molar-refractivity contribution in [3.05, 3.63) is 65.9 Å². The first-order valence-electron chi connectivity index (χ1n) is 8.29. The first-order valence-corrected chi connectivity index (χ1v) is 8.29. The highest BCUT2D eigenvalue weighted by atomic mass is 16.5. The van der Waals surface area contributed by atoms with E-state index in [9.17, 15) is 4.79 Å². The van der Waals surface area contributed by atoms with Gasteiger partial charge in [0, 0.05) is 11.1 Å². The monoisotopic (exact) mass is 364 g/mol.